The summed E-state index contributed by atoms with van der Waals surface area (Å²) in [6, 6.07) is 0. The Morgan fingerprint density at radius 1 is 0.875 bits per heavy atom. The van der Waals surface area contributed by atoms with Gasteiger partial charge in [-0.3, -0.25) is 0 Å². The Labute approximate surface area is 103 Å². The van der Waals surface area contributed by atoms with Crippen LogP contribution >= 0.6 is 0 Å². The second kappa shape index (κ2) is 5.65. The molecule has 0 heterocycles. The highest BCUT2D eigenvalue weighted by atomic mass is 28.4. The second-order valence-electron chi connectivity index (χ2n) is 5.98. The van der Waals surface area contributed by atoms with E-state index >= 15 is 0 Å². The fourth-order valence-electron chi connectivity index (χ4n) is 2.41. The third-order valence-corrected chi connectivity index (χ3v) is 10.00. The van der Waals surface area contributed by atoms with Gasteiger partial charge in [0.2, 0.25) is 0 Å². The highest BCUT2D eigenvalue weighted by molar-refractivity contribution is 6.72. The molecule has 98 valence electrons. The van der Waals surface area contributed by atoms with Gasteiger partial charge in [0.1, 0.15) is 0 Å². The van der Waals surface area contributed by atoms with Crippen molar-refractivity contribution < 1.29 is 8.85 Å². The van der Waals surface area contributed by atoms with Crippen LogP contribution in [0.3, 0.4) is 0 Å². The molecule has 0 aliphatic heterocycles. The van der Waals surface area contributed by atoms with E-state index < -0.39 is 8.56 Å². The summed E-state index contributed by atoms with van der Waals surface area (Å²) in [4.78, 5) is 0. The molecule has 0 radical (unpaired) electrons. The van der Waals surface area contributed by atoms with Crippen molar-refractivity contribution in [3.05, 3.63) is 0 Å². The normalized spacial score (nSPS) is 15.9. The predicted octanol–water partition coefficient (Wildman–Crippen LogP) is 4.20. The van der Waals surface area contributed by atoms with Crippen molar-refractivity contribution in [3.8, 4) is 0 Å². The lowest BCUT2D eigenvalue weighted by Crippen LogP contribution is -2.56. The Kier molecular flexibility index (Phi) is 5.70. The van der Waals surface area contributed by atoms with E-state index in [1.165, 1.54) is 0 Å². The lowest BCUT2D eigenvalue weighted by atomic mass is 9.99. The van der Waals surface area contributed by atoms with Crippen LogP contribution in [-0.2, 0) is 8.85 Å². The monoisotopic (exact) mass is 246 g/mol. The predicted molar refractivity (Wildman–Crippen MR) is 72.9 cm³/mol. The van der Waals surface area contributed by atoms with E-state index in [2.05, 4.69) is 48.5 Å². The first kappa shape index (κ1) is 16.1. The van der Waals surface area contributed by atoms with E-state index in [0.717, 1.165) is 0 Å². The van der Waals surface area contributed by atoms with Crippen molar-refractivity contribution in [1.29, 1.82) is 0 Å². The van der Waals surface area contributed by atoms with E-state index in [-0.39, 0.29) is 5.04 Å². The van der Waals surface area contributed by atoms with Gasteiger partial charge in [0.05, 0.1) is 0 Å². The summed E-state index contributed by atoms with van der Waals surface area (Å²) in [5, 5.41) is 0.111. The van der Waals surface area contributed by atoms with Crippen LogP contribution in [0.4, 0.5) is 0 Å². The molecule has 0 N–H and O–H groups in total. The zero-order valence-electron chi connectivity index (χ0n) is 12.5. The summed E-state index contributed by atoms with van der Waals surface area (Å²) < 4.78 is 11.9. The Bertz CT molecular complexity index is 208. The van der Waals surface area contributed by atoms with E-state index in [4.69, 9.17) is 8.85 Å². The molecule has 2 nitrogen and oxygen atoms in total. The van der Waals surface area contributed by atoms with Crippen LogP contribution < -0.4 is 0 Å². The van der Waals surface area contributed by atoms with Crippen LogP contribution in [0, 0.1) is 11.8 Å². The Hall–Kier alpha value is 0.137. The maximum absolute atomic E-state index is 5.95. The van der Waals surface area contributed by atoms with Gasteiger partial charge in [-0.1, -0.05) is 48.5 Å². The third kappa shape index (κ3) is 2.52. The van der Waals surface area contributed by atoms with Crippen LogP contribution in [0.5, 0.6) is 0 Å². The quantitative estimate of drug-likeness (QED) is 0.654. The van der Waals surface area contributed by atoms with Crippen LogP contribution in [0.2, 0.25) is 10.6 Å². The minimum absolute atomic E-state index is 0.111. The molecule has 0 rings (SSSR count). The molecule has 1 atom stereocenters. The maximum Gasteiger partial charge on any atom is 0.346 e. The molecule has 1 unspecified atom stereocenters. The molecule has 0 saturated heterocycles. The summed E-state index contributed by atoms with van der Waals surface area (Å²) >= 11 is 0. The SMILES string of the molecule is CO[Si](OC)(C(C)C(C)C)C(C)(C)C(C)C. The zero-order valence-corrected chi connectivity index (χ0v) is 13.5. The molecular formula is C13H30O2Si. The van der Waals surface area contributed by atoms with Crippen LogP contribution in [0.15, 0.2) is 0 Å². The van der Waals surface area contributed by atoms with Gasteiger partial charge in [-0.05, 0) is 11.8 Å². The van der Waals surface area contributed by atoms with Gasteiger partial charge >= 0.3 is 8.56 Å². The largest absolute Gasteiger partial charge is 0.397 e. The van der Waals surface area contributed by atoms with Crippen LogP contribution in [0.25, 0.3) is 0 Å². The molecule has 0 aromatic rings. The first-order chi connectivity index (χ1) is 7.17. The summed E-state index contributed by atoms with van der Waals surface area (Å²) in [5.74, 6) is 1.14. The second-order valence-corrected chi connectivity index (χ2v) is 10.3. The zero-order chi connectivity index (χ0) is 13.1. The van der Waals surface area contributed by atoms with Crippen molar-refractivity contribution in [2.75, 3.05) is 14.2 Å². The van der Waals surface area contributed by atoms with Crippen molar-refractivity contribution in [3.63, 3.8) is 0 Å². The van der Waals surface area contributed by atoms with E-state index in [9.17, 15) is 0 Å². The smallest absolute Gasteiger partial charge is 0.346 e. The highest BCUT2D eigenvalue weighted by Gasteiger charge is 2.56. The van der Waals surface area contributed by atoms with Crippen LogP contribution in [0.1, 0.15) is 48.5 Å². The Morgan fingerprint density at radius 3 is 1.44 bits per heavy atom. The fraction of sp³-hybridized carbons (Fsp3) is 1.00. The molecule has 3 heteroatoms. The van der Waals surface area contributed by atoms with Gasteiger partial charge in [0.15, 0.2) is 0 Å². The van der Waals surface area contributed by atoms with E-state index in [1.54, 1.807) is 0 Å². The molecule has 16 heavy (non-hydrogen) atoms. The minimum Gasteiger partial charge on any atom is -0.397 e. The first-order valence-electron chi connectivity index (χ1n) is 6.27. The summed E-state index contributed by atoms with van der Waals surface area (Å²) in [7, 11) is 1.44. The molecule has 0 aromatic carbocycles. The molecule has 0 fully saturated rings. The average molecular weight is 246 g/mol. The molecule has 0 saturated carbocycles. The summed E-state index contributed by atoms with van der Waals surface area (Å²) in [6.07, 6.45) is 0. The molecule has 0 aliphatic rings. The fourth-order valence-corrected chi connectivity index (χ4v) is 7.23. The highest BCUT2D eigenvalue weighted by Crippen LogP contribution is 2.51. The first-order valence-corrected chi connectivity index (χ1v) is 8.17. The van der Waals surface area contributed by atoms with Crippen molar-refractivity contribution in [2.45, 2.75) is 59.0 Å². The standard InChI is InChI=1S/C13H30O2Si/c1-10(2)12(5)16(14-8,15-9)13(6,7)11(3)4/h10-12H,1-9H3. The Balaban J connectivity index is 5.41. The van der Waals surface area contributed by atoms with Gasteiger partial charge < -0.3 is 8.85 Å². The molecule has 0 aliphatic carbocycles. The molecule has 0 spiro atoms. The summed E-state index contributed by atoms with van der Waals surface area (Å²) in [5.41, 5.74) is 0.486. The van der Waals surface area contributed by atoms with E-state index in [0.29, 0.717) is 17.4 Å². The van der Waals surface area contributed by atoms with Crippen molar-refractivity contribution in [1.82, 2.24) is 0 Å². The van der Waals surface area contributed by atoms with Crippen molar-refractivity contribution in [2.24, 2.45) is 11.8 Å². The number of rotatable bonds is 6. The molecular weight excluding hydrogens is 216 g/mol. The topological polar surface area (TPSA) is 18.5 Å². The molecule has 0 amide bonds. The van der Waals surface area contributed by atoms with Gasteiger partial charge in [-0.15, -0.1) is 0 Å². The maximum atomic E-state index is 5.95. The van der Waals surface area contributed by atoms with Gasteiger partial charge in [-0.2, -0.15) is 0 Å². The molecule has 0 aromatic heterocycles. The molecule has 0 bridgehead atoms. The van der Waals surface area contributed by atoms with Gasteiger partial charge in [-0.25, -0.2) is 0 Å². The van der Waals surface area contributed by atoms with E-state index in [1.807, 2.05) is 14.2 Å². The minimum atomic E-state index is -2.20. The average Bonchev–Trinajstić information content (AvgIpc) is 2.19. The van der Waals surface area contributed by atoms with Gasteiger partial charge in [0.25, 0.3) is 0 Å². The van der Waals surface area contributed by atoms with Gasteiger partial charge in [0, 0.05) is 24.8 Å². The lowest BCUT2D eigenvalue weighted by Gasteiger charge is -2.48. The summed E-state index contributed by atoms with van der Waals surface area (Å²) in [6.45, 7) is 15.9. The third-order valence-electron chi connectivity index (χ3n) is 4.55. The van der Waals surface area contributed by atoms with Crippen LogP contribution in [-0.4, -0.2) is 22.8 Å². The number of hydrogen-bond acceptors (Lipinski definition) is 2. The Morgan fingerprint density at radius 2 is 1.25 bits per heavy atom. The number of hydrogen-bond donors (Lipinski definition) is 0. The van der Waals surface area contributed by atoms with Crippen molar-refractivity contribution >= 4 is 8.56 Å². The lowest BCUT2D eigenvalue weighted by molar-refractivity contribution is 0.173.